The highest BCUT2D eigenvalue weighted by Gasteiger charge is 2.35. The van der Waals surface area contributed by atoms with Gasteiger partial charge in [0.25, 0.3) is 5.91 Å². The van der Waals surface area contributed by atoms with E-state index in [1.54, 1.807) is 47.6 Å². The van der Waals surface area contributed by atoms with Gasteiger partial charge in [-0.05, 0) is 30.7 Å². The van der Waals surface area contributed by atoms with E-state index in [4.69, 9.17) is 4.42 Å². The van der Waals surface area contributed by atoms with Gasteiger partial charge in [0.05, 0.1) is 24.3 Å². The maximum Gasteiger partial charge on any atom is 0.254 e. The van der Waals surface area contributed by atoms with E-state index in [1.807, 2.05) is 6.07 Å². The molecule has 5 nitrogen and oxygen atoms in total. The number of amides is 1. The number of hydrogen-bond acceptors (Lipinski definition) is 4. The summed E-state index contributed by atoms with van der Waals surface area (Å²) in [6.45, 7) is 0.279. The minimum Gasteiger partial charge on any atom is -0.467 e. The number of furan rings is 1. The Bertz CT molecular complexity index is 738. The van der Waals surface area contributed by atoms with Crippen molar-refractivity contribution >= 4 is 15.7 Å². The fraction of sp³-hybridized carbons (Fsp3) is 0.312. The molecule has 0 unspecified atom stereocenters. The van der Waals surface area contributed by atoms with E-state index in [1.165, 1.54) is 0 Å². The molecule has 1 fully saturated rings. The van der Waals surface area contributed by atoms with Crippen molar-refractivity contribution < 1.29 is 17.6 Å². The Balaban J connectivity index is 1.87. The highest BCUT2D eigenvalue weighted by Crippen LogP contribution is 2.22. The van der Waals surface area contributed by atoms with Crippen LogP contribution in [0.25, 0.3) is 0 Å². The van der Waals surface area contributed by atoms with Crippen molar-refractivity contribution in [3.05, 3.63) is 60.1 Å². The molecule has 1 aliphatic rings. The molecule has 22 heavy (non-hydrogen) atoms. The molecule has 2 aromatic rings. The molecule has 0 spiro atoms. The number of carbonyl (C=O) groups is 1. The standard InChI is InChI=1S/C16H17NO4S/c18-16(13-5-2-1-3-6-13)17(11-15-7-4-9-21-15)14-8-10-22(19,20)12-14/h1-7,9,14H,8,10-12H2/t14-/m0/s1. The largest absolute Gasteiger partial charge is 0.467 e. The minimum absolute atomic E-state index is 0.0201. The smallest absolute Gasteiger partial charge is 0.254 e. The van der Waals surface area contributed by atoms with Crippen molar-refractivity contribution in [3.63, 3.8) is 0 Å². The summed E-state index contributed by atoms with van der Waals surface area (Å²) in [4.78, 5) is 14.4. The van der Waals surface area contributed by atoms with Crippen LogP contribution < -0.4 is 0 Å². The molecule has 116 valence electrons. The summed E-state index contributed by atoms with van der Waals surface area (Å²) in [7, 11) is -3.06. The molecule has 1 aromatic carbocycles. The third-order valence-electron chi connectivity index (χ3n) is 3.84. The van der Waals surface area contributed by atoms with E-state index in [0.717, 1.165) is 0 Å². The first-order chi connectivity index (χ1) is 10.6. The van der Waals surface area contributed by atoms with E-state index in [2.05, 4.69) is 0 Å². The lowest BCUT2D eigenvalue weighted by molar-refractivity contribution is 0.0666. The Labute approximate surface area is 129 Å². The van der Waals surface area contributed by atoms with Gasteiger partial charge >= 0.3 is 0 Å². The Morgan fingerprint density at radius 2 is 1.95 bits per heavy atom. The van der Waals surface area contributed by atoms with E-state index >= 15 is 0 Å². The average Bonchev–Trinajstić information content (AvgIpc) is 3.14. The quantitative estimate of drug-likeness (QED) is 0.865. The van der Waals surface area contributed by atoms with Gasteiger partial charge in [-0.1, -0.05) is 18.2 Å². The molecule has 0 N–H and O–H groups in total. The lowest BCUT2D eigenvalue weighted by Crippen LogP contribution is -2.40. The van der Waals surface area contributed by atoms with Crippen LogP contribution in [0.3, 0.4) is 0 Å². The van der Waals surface area contributed by atoms with Gasteiger partial charge in [-0.2, -0.15) is 0 Å². The minimum atomic E-state index is -3.06. The molecule has 1 aromatic heterocycles. The molecule has 1 amide bonds. The number of benzene rings is 1. The monoisotopic (exact) mass is 319 g/mol. The van der Waals surface area contributed by atoms with E-state index < -0.39 is 9.84 Å². The Hall–Kier alpha value is -2.08. The van der Waals surface area contributed by atoms with Crippen LogP contribution in [0.2, 0.25) is 0 Å². The Kier molecular flexibility index (Phi) is 4.02. The van der Waals surface area contributed by atoms with E-state index in [0.29, 0.717) is 17.7 Å². The summed E-state index contributed by atoms with van der Waals surface area (Å²) in [5, 5.41) is 0. The first kappa shape index (κ1) is 14.8. The van der Waals surface area contributed by atoms with Crippen LogP contribution >= 0.6 is 0 Å². The zero-order chi connectivity index (χ0) is 15.6. The van der Waals surface area contributed by atoms with Gasteiger partial charge in [0.2, 0.25) is 0 Å². The lowest BCUT2D eigenvalue weighted by Gasteiger charge is -2.27. The fourth-order valence-electron chi connectivity index (χ4n) is 2.70. The van der Waals surface area contributed by atoms with Crippen molar-refractivity contribution in [2.24, 2.45) is 0 Å². The topological polar surface area (TPSA) is 67.6 Å². The molecule has 2 heterocycles. The predicted octanol–water partition coefficient (Wildman–Crippen LogP) is 2.11. The van der Waals surface area contributed by atoms with Gasteiger partial charge in [0.15, 0.2) is 9.84 Å². The molecular formula is C16H17NO4S. The Morgan fingerprint density at radius 3 is 2.55 bits per heavy atom. The van der Waals surface area contributed by atoms with Gasteiger partial charge in [-0.15, -0.1) is 0 Å². The van der Waals surface area contributed by atoms with Crippen LogP contribution in [0, 0.1) is 0 Å². The highest BCUT2D eigenvalue weighted by molar-refractivity contribution is 7.91. The van der Waals surface area contributed by atoms with Crippen molar-refractivity contribution in [2.75, 3.05) is 11.5 Å². The average molecular weight is 319 g/mol. The number of rotatable bonds is 4. The van der Waals surface area contributed by atoms with Crippen molar-refractivity contribution in [2.45, 2.75) is 19.0 Å². The fourth-order valence-corrected chi connectivity index (χ4v) is 4.44. The summed E-state index contributed by atoms with van der Waals surface area (Å²) >= 11 is 0. The molecule has 6 heteroatoms. The zero-order valence-corrected chi connectivity index (χ0v) is 12.8. The molecule has 0 bridgehead atoms. The molecule has 3 rings (SSSR count). The van der Waals surface area contributed by atoms with Crippen LogP contribution in [-0.4, -0.2) is 36.8 Å². The molecule has 0 radical (unpaired) electrons. The highest BCUT2D eigenvalue weighted by atomic mass is 32.2. The lowest BCUT2D eigenvalue weighted by atomic mass is 10.1. The van der Waals surface area contributed by atoms with E-state index in [9.17, 15) is 13.2 Å². The van der Waals surface area contributed by atoms with Crippen LogP contribution in [0.15, 0.2) is 53.1 Å². The van der Waals surface area contributed by atoms with Gasteiger partial charge in [0.1, 0.15) is 5.76 Å². The first-order valence-corrected chi connectivity index (χ1v) is 8.96. The SMILES string of the molecule is O=C(c1ccccc1)N(Cc1ccco1)[C@H]1CCS(=O)(=O)C1. The van der Waals surface area contributed by atoms with Gasteiger partial charge in [-0.25, -0.2) is 8.42 Å². The number of nitrogens with zero attached hydrogens (tertiary/aromatic N) is 1. The normalized spacial score (nSPS) is 19.9. The summed E-state index contributed by atoms with van der Waals surface area (Å²) in [5.74, 6) is 0.633. The molecule has 1 atom stereocenters. The number of hydrogen-bond donors (Lipinski definition) is 0. The van der Waals surface area contributed by atoms with Gasteiger partial charge in [-0.3, -0.25) is 4.79 Å². The molecular weight excluding hydrogens is 302 g/mol. The van der Waals surface area contributed by atoms with Crippen molar-refractivity contribution in [3.8, 4) is 0 Å². The number of carbonyl (C=O) groups excluding carboxylic acids is 1. The van der Waals surface area contributed by atoms with Crippen molar-refractivity contribution in [1.29, 1.82) is 0 Å². The summed E-state index contributed by atoms with van der Waals surface area (Å²) in [5.41, 5.74) is 0.554. The van der Waals surface area contributed by atoms with E-state index in [-0.39, 0.29) is 30.0 Å². The predicted molar refractivity (Wildman–Crippen MR) is 82.1 cm³/mol. The summed E-state index contributed by atoms with van der Waals surface area (Å²) < 4.78 is 28.8. The van der Waals surface area contributed by atoms with Crippen LogP contribution in [-0.2, 0) is 16.4 Å². The second-order valence-electron chi connectivity index (χ2n) is 5.44. The maximum absolute atomic E-state index is 12.8. The van der Waals surface area contributed by atoms with Crippen LogP contribution in [0.5, 0.6) is 0 Å². The third kappa shape index (κ3) is 3.22. The first-order valence-electron chi connectivity index (χ1n) is 7.14. The summed E-state index contributed by atoms with van der Waals surface area (Å²) in [6, 6.07) is 12.1. The second kappa shape index (κ2) is 5.96. The van der Waals surface area contributed by atoms with Gasteiger partial charge in [0, 0.05) is 11.6 Å². The second-order valence-corrected chi connectivity index (χ2v) is 7.66. The molecule has 1 aliphatic heterocycles. The molecule has 1 saturated heterocycles. The maximum atomic E-state index is 12.8. The molecule has 0 saturated carbocycles. The summed E-state index contributed by atoms with van der Waals surface area (Å²) in [6.07, 6.45) is 2.02. The third-order valence-corrected chi connectivity index (χ3v) is 5.59. The van der Waals surface area contributed by atoms with Gasteiger partial charge < -0.3 is 9.32 Å². The van der Waals surface area contributed by atoms with Crippen LogP contribution in [0.4, 0.5) is 0 Å². The zero-order valence-electron chi connectivity index (χ0n) is 12.0. The molecule has 0 aliphatic carbocycles. The van der Waals surface area contributed by atoms with Crippen LogP contribution in [0.1, 0.15) is 22.5 Å². The number of sulfone groups is 1. The Morgan fingerprint density at radius 1 is 1.18 bits per heavy atom. The van der Waals surface area contributed by atoms with Crippen molar-refractivity contribution in [1.82, 2.24) is 4.90 Å².